The van der Waals surface area contributed by atoms with Gasteiger partial charge in [-0.15, -0.1) is 11.3 Å². The van der Waals surface area contributed by atoms with E-state index in [1.54, 1.807) is 23.5 Å². The van der Waals surface area contributed by atoms with Crippen molar-refractivity contribution in [1.82, 2.24) is 5.32 Å². The van der Waals surface area contributed by atoms with Crippen molar-refractivity contribution in [2.24, 2.45) is 0 Å². The van der Waals surface area contributed by atoms with Gasteiger partial charge in [-0.3, -0.25) is 0 Å². The van der Waals surface area contributed by atoms with E-state index in [1.165, 1.54) is 10.9 Å². The molecule has 2 rings (SSSR count). The minimum Gasteiger partial charge on any atom is -0.312 e. The second-order valence-electron chi connectivity index (χ2n) is 3.88. The lowest BCUT2D eigenvalue weighted by Crippen LogP contribution is -2.16. The molecule has 2 aromatic rings. The molecule has 1 aromatic heterocycles. The summed E-state index contributed by atoms with van der Waals surface area (Å²) in [6.07, 6.45) is 0.958. The van der Waals surface area contributed by atoms with E-state index in [4.69, 9.17) is 11.6 Å². The van der Waals surface area contributed by atoms with Gasteiger partial charge in [0.2, 0.25) is 0 Å². The molecule has 1 aromatic carbocycles. The molecule has 0 fully saturated rings. The van der Waals surface area contributed by atoms with Crippen molar-refractivity contribution in [3.05, 3.63) is 55.4 Å². The second-order valence-corrected chi connectivity index (χ2v) is 6.54. The zero-order chi connectivity index (χ0) is 13.0. The van der Waals surface area contributed by atoms with Crippen molar-refractivity contribution in [3.8, 4) is 0 Å². The molecule has 0 aliphatic rings. The molecule has 18 heavy (non-hydrogen) atoms. The Hall–Kier alpha value is -0.420. The first-order valence-corrected chi connectivity index (χ1v) is 7.53. The van der Waals surface area contributed by atoms with Gasteiger partial charge in [-0.2, -0.15) is 0 Å². The average molecular weight is 349 g/mol. The van der Waals surface area contributed by atoms with E-state index in [-0.39, 0.29) is 5.82 Å². The molecule has 1 nitrogen and oxygen atoms in total. The van der Waals surface area contributed by atoms with Gasteiger partial charge < -0.3 is 5.32 Å². The van der Waals surface area contributed by atoms with Gasteiger partial charge in [-0.25, -0.2) is 4.39 Å². The molecule has 96 valence electrons. The third kappa shape index (κ3) is 4.05. The lowest BCUT2D eigenvalue weighted by atomic mass is 10.2. The van der Waals surface area contributed by atoms with Gasteiger partial charge in [0.05, 0.1) is 8.81 Å². The molecule has 0 spiro atoms. The van der Waals surface area contributed by atoms with Crippen LogP contribution in [0.5, 0.6) is 0 Å². The van der Waals surface area contributed by atoms with Gasteiger partial charge >= 0.3 is 0 Å². The first-order valence-electron chi connectivity index (χ1n) is 5.54. The number of benzene rings is 1. The van der Waals surface area contributed by atoms with E-state index in [0.717, 1.165) is 29.4 Å². The van der Waals surface area contributed by atoms with E-state index >= 15 is 0 Å². The molecule has 0 saturated heterocycles. The van der Waals surface area contributed by atoms with Gasteiger partial charge in [0.1, 0.15) is 5.82 Å². The summed E-state index contributed by atoms with van der Waals surface area (Å²) in [6, 6.07) is 9.02. The summed E-state index contributed by atoms with van der Waals surface area (Å²) < 4.78 is 14.4. The molecular formula is C13H12BrClFNS. The maximum Gasteiger partial charge on any atom is 0.137 e. The minimum absolute atomic E-state index is 0.230. The van der Waals surface area contributed by atoms with Crippen molar-refractivity contribution >= 4 is 38.9 Å². The highest BCUT2D eigenvalue weighted by molar-refractivity contribution is 9.10. The molecular weight excluding hydrogens is 337 g/mol. The molecule has 0 atom stereocenters. The summed E-state index contributed by atoms with van der Waals surface area (Å²) in [5, 5.41) is 3.33. The molecule has 1 N–H and O–H groups in total. The molecule has 0 amide bonds. The average Bonchev–Trinajstić information content (AvgIpc) is 2.75. The standard InChI is InChI=1S/C13H12BrClFNS/c14-11-7-9(1-3-12(11)16)8-17-6-5-10-2-4-13(15)18-10/h1-4,7,17H,5-6,8H2. The smallest absolute Gasteiger partial charge is 0.137 e. The summed E-state index contributed by atoms with van der Waals surface area (Å²) in [5.74, 6) is -0.230. The molecule has 1 heterocycles. The van der Waals surface area contributed by atoms with Crippen LogP contribution in [-0.2, 0) is 13.0 Å². The van der Waals surface area contributed by atoms with Gasteiger partial charge in [-0.05, 0) is 52.2 Å². The van der Waals surface area contributed by atoms with E-state index < -0.39 is 0 Å². The van der Waals surface area contributed by atoms with Gasteiger partial charge in [-0.1, -0.05) is 17.7 Å². The summed E-state index contributed by atoms with van der Waals surface area (Å²) >= 11 is 10.6. The number of nitrogens with one attached hydrogen (secondary N) is 1. The molecule has 5 heteroatoms. The van der Waals surface area contributed by atoms with Gasteiger partial charge in [0.15, 0.2) is 0 Å². The Balaban J connectivity index is 1.76. The number of rotatable bonds is 5. The predicted octanol–water partition coefficient (Wildman–Crippen LogP) is 4.64. The highest BCUT2D eigenvalue weighted by Crippen LogP contribution is 2.21. The maximum absolute atomic E-state index is 13.0. The van der Waals surface area contributed by atoms with Crippen molar-refractivity contribution in [2.75, 3.05) is 6.54 Å². The monoisotopic (exact) mass is 347 g/mol. The van der Waals surface area contributed by atoms with E-state index in [2.05, 4.69) is 21.2 Å². The minimum atomic E-state index is -0.230. The predicted molar refractivity (Wildman–Crippen MR) is 78.8 cm³/mol. The van der Waals surface area contributed by atoms with Gasteiger partial charge in [0.25, 0.3) is 0 Å². The molecule has 0 radical (unpaired) electrons. The Morgan fingerprint density at radius 3 is 2.78 bits per heavy atom. The zero-order valence-electron chi connectivity index (χ0n) is 9.55. The Morgan fingerprint density at radius 2 is 2.11 bits per heavy atom. The molecule has 0 bridgehead atoms. The fourth-order valence-electron chi connectivity index (χ4n) is 1.58. The fraction of sp³-hybridized carbons (Fsp3) is 0.231. The number of hydrogen-bond acceptors (Lipinski definition) is 2. The van der Waals surface area contributed by atoms with Crippen LogP contribution in [-0.4, -0.2) is 6.54 Å². The summed E-state index contributed by atoms with van der Waals surface area (Å²) in [5.41, 5.74) is 1.06. The molecule has 0 aliphatic heterocycles. The van der Waals surface area contributed by atoms with Crippen LogP contribution in [0.15, 0.2) is 34.8 Å². The third-order valence-corrected chi connectivity index (χ3v) is 4.39. The fourth-order valence-corrected chi connectivity index (χ4v) is 3.09. The first-order chi connectivity index (χ1) is 8.65. The Bertz CT molecular complexity index is 529. The number of halogens is 3. The lowest BCUT2D eigenvalue weighted by molar-refractivity contribution is 0.618. The van der Waals surface area contributed by atoms with E-state index in [1.807, 2.05) is 12.1 Å². The molecule has 0 saturated carbocycles. The molecule has 0 aliphatic carbocycles. The second kappa shape index (κ2) is 6.66. The van der Waals surface area contributed by atoms with Crippen LogP contribution in [0.2, 0.25) is 4.34 Å². The van der Waals surface area contributed by atoms with Gasteiger partial charge in [0, 0.05) is 18.0 Å². The summed E-state index contributed by atoms with van der Waals surface area (Å²) in [6.45, 7) is 1.61. The topological polar surface area (TPSA) is 12.0 Å². The van der Waals surface area contributed by atoms with Crippen molar-refractivity contribution in [2.45, 2.75) is 13.0 Å². The normalized spacial score (nSPS) is 10.8. The summed E-state index contributed by atoms with van der Waals surface area (Å²) in [7, 11) is 0. The van der Waals surface area contributed by atoms with Crippen LogP contribution in [0.4, 0.5) is 4.39 Å². The quantitative estimate of drug-likeness (QED) is 0.777. The van der Waals surface area contributed by atoms with Crippen molar-refractivity contribution in [3.63, 3.8) is 0 Å². The highest BCUT2D eigenvalue weighted by Gasteiger charge is 2.01. The van der Waals surface area contributed by atoms with Crippen LogP contribution in [0.25, 0.3) is 0 Å². The van der Waals surface area contributed by atoms with E-state index in [9.17, 15) is 4.39 Å². The SMILES string of the molecule is Fc1ccc(CNCCc2ccc(Cl)s2)cc1Br. The Labute approximate surface area is 123 Å². The van der Waals surface area contributed by atoms with Crippen LogP contribution in [0.3, 0.4) is 0 Å². The van der Waals surface area contributed by atoms with Crippen molar-refractivity contribution < 1.29 is 4.39 Å². The summed E-state index contributed by atoms with van der Waals surface area (Å²) in [4.78, 5) is 1.27. The van der Waals surface area contributed by atoms with Crippen molar-refractivity contribution in [1.29, 1.82) is 0 Å². The molecule has 0 unspecified atom stereocenters. The van der Waals surface area contributed by atoms with Crippen LogP contribution >= 0.6 is 38.9 Å². The van der Waals surface area contributed by atoms with Crippen LogP contribution in [0.1, 0.15) is 10.4 Å². The van der Waals surface area contributed by atoms with Crippen LogP contribution < -0.4 is 5.32 Å². The first kappa shape index (κ1) is 14.0. The largest absolute Gasteiger partial charge is 0.312 e. The number of thiophene rings is 1. The zero-order valence-corrected chi connectivity index (χ0v) is 12.7. The lowest BCUT2D eigenvalue weighted by Gasteiger charge is -2.05. The Kier molecular flexibility index (Phi) is 5.18. The maximum atomic E-state index is 13.0. The number of hydrogen-bond donors (Lipinski definition) is 1. The third-order valence-electron chi connectivity index (χ3n) is 2.49. The highest BCUT2D eigenvalue weighted by atomic mass is 79.9. The van der Waals surface area contributed by atoms with Crippen LogP contribution in [0, 0.1) is 5.82 Å². The Morgan fingerprint density at radius 1 is 1.28 bits per heavy atom. The van der Waals surface area contributed by atoms with E-state index in [0.29, 0.717) is 4.47 Å².